The largest absolute Gasteiger partial charge is 0.381 e. The van der Waals surface area contributed by atoms with E-state index in [2.05, 4.69) is 19.2 Å². The number of ether oxygens (including phenoxy) is 1. The fraction of sp³-hybridized carbons (Fsp3) is 1.00. The molecule has 0 aliphatic heterocycles. The van der Waals surface area contributed by atoms with Gasteiger partial charge >= 0.3 is 0 Å². The van der Waals surface area contributed by atoms with Crippen molar-refractivity contribution in [2.75, 3.05) is 20.2 Å². The van der Waals surface area contributed by atoms with Gasteiger partial charge < -0.3 is 15.8 Å². The first-order valence-electron chi connectivity index (χ1n) is 5.60. The van der Waals surface area contributed by atoms with Gasteiger partial charge in [0.1, 0.15) is 0 Å². The Morgan fingerprint density at radius 1 is 1.50 bits per heavy atom. The van der Waals surface area contributed by atoms with Crippen LogP contribution in [0.1, 0.15) is 33.1 Å². The van der Waals surface area contributed by atoms with Crippen molar-refractivity contribution >= 4 is 0 Å². The summed E-state index contributed by atoms with van der Waals surface area (Å²) in [5.41, 5.74) is 6.01. The van der Waals surface area contributed by atoms with E-state index in [9.17, 15) is 0 Å². The topological polar surface area (TPSA) is 47.3 Å². The first-order valence-corrected chi connectivity index (χ1v) is 5.60. The highest BCUT2D eigenvalue weighted by atomic mass is 16.5. The van der Waals surface area contributed by atoms with Crippen molar-refractivity contribution in [1.82, 2.24) is 5.32 Å². The molecule has 1 aliphatic carbocycles. The van der Waals surface area contributed by atoms with Gasteiger partial charge in [-0.05, 0) is 31.2 Å². The van der Waals surface area contributed by atoms with Crippen LogP contribution in [0.4, 0.5) is 0 Å². The molecule has 3 nitrogen and oxygen atoms in total. The third-order valence-corrected chi connectivity index (χ3v) is 3.59. The number of hydrogen-bond donors (Lipinski definition) is 2. The van der Waals surface area contributed by atoms with Crippen molar-refractivity contribution in [2.45, 2.75) is 45.3 Å². The van der Waals surface area contributed by atoms with Gasteiger partial charge in [0.05, 0.1) is 6.10 Å². The zero-order valence-corrected chi connectivity index (χ0v) is 9.68. The van der Waals surface area contributed by atoms with Crippen molar-refractivity contribution in [2.24, 2.45) is 11.1 Å². The molecule has 0 aromatic heterocycles. The maximum absolute atomic E-state index is 5.75. The van der Waals surface area contributed by atoms with E-state index < -0.39 is 0 Å². The minimum Gasteiger partial charge on any atom is -0.381 e. The number of nitrogens with two attached hydrogens (primary N) is 1. The number of nitrogens with one attached hydrogen (secondary N) is 1. The Kier molecular flexibility index (Phi) is 4.35. The van der Waals surface area contributed by atoms with Crippen LogP contribution in [0.2, 0.25) is 0 Å². The van der Waals surface area contributed by atoms with Gasteiger partial charge in [0.25, 0.3) is 0 Å². The Bertz CT molecular complexity index is 163. The molecule has 3 N–H and O–H groups in total. The molecule has 14 heavy (non-hydrogen) atoms. The average Bonchev–Trinajstić information content (AvgIpc) is 2.15. The van der Waals surface area contributed by atoms with E-state index >= 15 is 0 Å². The predicted octanol–water partition coefficient (Wildman–Crippen LogP) is 1.13. The maximum Gasteiger partial charge on any atom is 0.0601 e. The normalized spacial score (nSPS) is 30.9. The van der Waals surface area contributed by atoms with Gasteiger partial charge in [0.15, 0.2) is 0 Å². The van der Waals surface area contributed by atoms with E-state index in [1.807, 2.05) is 0 Å². The van der Waals surface area contributed by atoms with Gasteiger partial charge in [-0.2, -0.15) is 0 Å². The molecular weight excluding hydrogens is 176 g/mol. The highest BCUT2D eigenvalue weighted by Gasteiger charge is 2.30. The highest BCUT2D eigenvalue weighted by Crippen LogP contribution is 2.24. The molecule has 1 unspecified atom stereocenters. The summed E-state index contributed by atoms with van der Waals surface area (Å²) in [6.45, 7) is 6.23. The van der Waals surface area contributed by atoms with E-state index in [4.69, 9.17) is 10.5 Å². The van der Waals surface area contributed by atoms with E-state index in [0.717, 1.165) is 32.4 Å². The summed E-state index contributed by atoms with van der Waals surface area (Å²) in [6, 6.07) is 0.650. The van der Waals surface area contributed by atoms with Crippen LogP contribution in [0.5, 0.6) is 0 Å². The van der Waals surface area contributed by atoms with Gasteiger partial charge in [-0.25, -0.2) is 0 Å². The summed E-state index contributed by atoms with van der Waals surface area (Å²) in [6.07, 6.45) is 3.93. The molecule has 0 spiro atoms. The smallest absolute Gasteiger partial charge is 0.0601 e. The molecule has 3 heteroatoms. The minimum atomic E-state index is 0.262. The summed E-state index contributed by atoms with van der Waals surface area (Å²) >= 11 is 0. The molecule has 84 valence electrons. The Labute approximate surface area is 87.4 Å². The van der Waals surface area contributed by atoms with Gasteiger partial charge in [0.2, 0.25) is 0 Å². The second-order valence-corrected chi connectivity index (χ2v) is 4.78. The third-order valence-electron chi connectivity index (χ3n) is 3.59. The molecule has 1 rings (SSSR count). The fourth-order valence-electron chi connectivity index (χ4n) is 1.66. The zero-order chi connectivity index (χ0) is 10.6. The Morgan fingerprint density at radius 3 is 2.57 bits per heavy atom. The van der Waals surface area contributed by atoms with Crippen LogP contribution in [0.25, 0.3) is 0 Å². The summed E-state index contributed by atoms with van der Waals surface area (Å²) < 4.78 is 5.24. The van der Waals surface area contributed by atoms with Crippen molar-refractivity contribution in [1.29, 1.82) is 0 Å². The van der Waals surface area contributed by atoms with Crippen LogP contribution in [-0.2, 0) is 4.74 Å². The molecule has 1 fully saturated rings. The Morgan fingerprint density at radius 2 is 2.14 bits per heavy atom. The average molecular weight is 200 g/mol. The molecule has 0 aromatic rings. The highest BCUT2D eigenvalue weighted by molar-refractivity contribution is 4.88. The first kappa shape index (κ1) is 12.0. The molecule has 0 saturated heterocycles. The lowest BCUT2D eigenvalue weighted by molar-refractivity contribution is 0.0146. The zero-order valence-electron chi connectivity index (χ0n) is 9.68. The van der Waals surface area contributed by atoms with Gasteiger partial charge in [-0.3, -0.25) is 0 Å². The minimum absolute atomic E-state index is 0.262. The lowest BCUT2D eigenvalue weighted by atomic mass is 9.84. The predicted molar refractivity (Wildman–Crippen MR) is 59.3 cm³/mol. The van der Waals surface area contributed by atoms with Crippen molar-refractivity contribution in [3.8, 4) is 0 Å². The molecule has 1 saturated carbocycles. The van der Waals surface area contributed by atoms with Gasteiger partial charge in [-0.1, -0.05) is 13.8 Å². The van der Waals surface area contributed by atoms with Crippen molar-refractivity contribution in [3.05, 3.63) is 0 Å². The third kappa shape index (κ3) is 2.94. The van der Waals surface area contributed by atoms with Gasteiger partial charge in [-0.15, -0.1) is 0 Å². The molecule has 1 aliphatic rings. The SMILES string of the molecule is CCC(C)(CN)CNC1CC(OC)C1. The number of methoxy groups -OCH3 is 1. The molecule has 0 heterocycles. The molecule has 0 radical (unpaired) electrons. The molecule has 1 atom stereocenters. The van der Waals surface area contributed by atoms with Crippen LogP contribution in [-0.4, -0.2) is 32.3 Å². The van der Waals surface area contributed by atoms with Gasteiger partial charge in [0, 0.05) is 19.7 Å². The summed E-state index contributed by atoms with van der Waals surface area (Å²) in [7, 11) is 1.79. The number of hydrogen-bond acceptors (Lipinski definition) is 3. The monoisotopic (exact) mass is 200 g/mol. The number of rotatable bonds is 6. The molecule has 0 amide bonds. The second kappa shape index (κ2) is 5.10. The van der Waals surface area contributed by atoms with Crippen LogP contribution in [0, 0.1) is 5.41 Å². The van der Waals surface area contributed by atoms with Crippen LogP contribution in [0.15, 0.2) is 0 Å². The molecule has 0 aromatic carbocycles. The second-order valence-electron chi connectivity index (χ2n) is 4.78. The fourth-order valence-corrected chi connectivity index (χ4v) is 1.66. The summed E-state index contributed by atoms with van der Waals surface area (Å²) in [4.78, 5) is 0. The van der Waals surface area contributed by atoms with Crippen LogP contribution < -0.4 is 11.1 Å². The standard InChI is InChI=1S/C11H24N2O/c1-4-11(2,7-12)8-13-9-5-10(6-9)14-3/h9-10,13H,4-8,12H2,1-3H3. The molecular formula is C11H24N2O. The van der Waals surface area contributed by atoms with Crippen molar-refractivity contribution in [3.63, 3.8) is 0 Å². The quantitative estimate of drug-likeness (QED) is 0.675. The van der Waals surface area contributed by atoms with E-state index in [1.165, 1.54) is 0 Å². The van der Waals surface area contributed by atoms with Crippen LogP contribution in [0.3, 0.4) is 0 Å². The molecule has 0 bridgehead atoms. The summed E-state index contributed by atoms with van der Waals surface area (Å²) in [5, 5.41) is 3.57. The Hall–Kier alpha value is -0.120. The van der Waals surface area contributed by atoms with Crippen LogP contribution >= 0.6 is 0 Å². The Balaban J connectivity index is 2.15. The van der Waals surface area contributed by atoms with E-state index in [1.54, 1.807) is 7.11 Å². The van der Waals surface area contributed by atoms with E-state index in [-0.39, 0.29) is 5.41 Å². The summed E-state index contributed by atoms with van der Waals surface area (Å²) in [5.74, 6) is 0. The maximum atomic E-state index is 5.75. The first-order chi connectivity index (χ1) is 6.63. The van der Waals surface area contributed by atoms with Crippen molar-refractivity contribution < 1.29 is 4.74 Å². The lowest BCUT2D eigenvalue weighted by Crippen LogP contribution is -2.49. The lowest BCUT2D eigenvalue weighted by Gasteiger charge is -2.37. The van der Waals surface area contributed by atoms with E-state index in [0.29, 0.717) is 12.1 Å².